The second kappa shape index (κ2) is 18.9. The second-order valence-electron chi connectivity index (χ2n) is 13.8. The molecule has 0 spiro atoms. The van der Waals surface area contributed by atoms with Crippen molar-refractivity contribution in [2.24, 2.45) is 10.8 Å². The lowest BCUT2D eigenvalue weighted by molar-refractivity contribution is -0.158. The highest BCUT2D eigenvalue weighted by Gasteiger charge is 2.50. The number of ether oxygens (including phenoxy) is 3. The number of nitrogens with zero attached hydrogens (tertiary/aromatic N) is 9. The van der Waals surface area contributed by atoms with Crippen molar-refractivity contribution >= 4 is 66.0 Å². The van der Waals surface area contributed by atoms with E-state index in [0.29, 0.717) is 0 Å². The van der Waals surface area contributed by atoms with Crippen LogP contribution in [0.2, 0.25) is 0 Å². The van der Waals surface area contributed by atoms with Crippen molar-refractivity contribution in [1.29, 1.82) is 0 Å². The molecule has 2 aliphatic heterocycles. The Hall–Kier alpha value is -3.43. The number of hydrogen-bond donors (Lipinski definition) is 7. The van der Waals surface area contributed by atoms with Crippen LogP contribution in [0.4, 0.5) is 11.6 Å². The second-order valence-corrected chi connectivity index (χ2v) is 19.8. The van der Waals surface area contributed by atoms with Crippen LogP contribution in [-0.4, -0.2) is 121 Å². The van der Waals surface area contributed by atoms with Gasteiger partial charge in [0, 0.05) is 34.1 Å². The molecule has 10 atom stereocenters. The van der Waals surface area contributed by atoms with E-state index in [2.05, 4.69) is 34.5 Å². The van der Waals surface area contributed by atoms with Gasteiger partial charge < -0.3 is 51.2 Å². The Morgan fingerprint density at radius 2 is 1.86 bits per heavy atom. The van der Waals surface area contributed by atoms with Gasteiger partial charge in [-0.25, -0.2) is 28.9 Å². The van der Waals surface area contributed by atoms with Crippen molar-refractivity contribution in [3.8, 4) is 0 Å². The van der Waals surface area contributed by atoms with E-state index in [4.69, 9.17) is 46.0 Å². The average molecular weight is 897 g/mol. The summed E-state index contributed by atoms with van der Waals surface area (Å²) in [6.07, 6.45) is -6.99. The molecule has 0 bridgehead atoms. The van der Waals surface area contributed by atoms with Gasteiger partial charge in [0.25, 0.3) is 0 Å². The molecule has 26 nitrogen and oxygen atoms in total. The molecule has 3 aromatic heterocycles. The van der Waals surface area contributed by atoms with Crippen molar-refractivity contribution in [2.45, 2.75) is 92.6 Å². The number of aromatic nitrogens is 6. The third-order valence-corrected chi connectivity index (χ3v) is 13.6. The fraction of sp³-hybridized carbons (Fsp3) is 0.643. The highest BCUT2D eigenvalue weighted by Crippen LogP contribution is 2.50. The Balaban J connectivity index is 1.34. The van der Waals surface area contributed by atoms with Gasteiger partial charge in [-0.1, -0.05) is 47.5 Å². The fourth-order valence-corrected chi connectivity index (χ4v) is 9.52. The zero-order chi connectivity index (χ0) is 42.6. The maximum atomic E-state index is 13.5. The number of nitrogens with two attached hydrogens (primary N) is 3. The first-order valence-electron chi connectivity index (χ1n) is 17.1. The number of nitrogen functional groups attached to an aromatic ring is 2. The molecule has 0 amide bonds. The number of phosphoric acid groups is 2. The number of esters is 1. The van der Waals surface area contributed by atoms with Gasteiger partial charge >= 0.3 is 27.3 Å². The Labute approximate surface area is 336 Å². The third kappa shape index (κ3) is 12.1. The van der Waals surface area contributed by atoms with Crippen LogP contribution in [0.25, 0.3) is 21.6 Å². The summed E-state index contributed by atoms with van der Waals surface area (Å²) in [6.45, 7) is 4.23. The quantitative estimate of drug-likeness (QED) is 0.0233. The smallest absolute Gasteiger partial charge is 0.455 e. The predicted molar refractivity (Wildman–Crippen MR) is 205 cm³/mol. The highest BCUT2D eigenvalue weighted by molar-refractivity contribution is 8.77. The van der Waals surface area contributed by atoms with Gasteiger partial charge in [0.2, 0.25) is 0 Å². The molecule has 3 aromatic rings. The minimum absolute atomic E-state index is 0.00217. The lowest BCUT2D eigenvalue weighted by Crippen LogP contribution is -2.44. The first-order chi connectivity index (χ1) is 27.1. The van der Waals surface area contributed by atoms with Gasteiger partial charge in [-0.2, -0.15) is 4.98 Å². The number of aliphatic hydroxyl groups excluding tert-OH is 1. The molecular formula is C28H42N12O14P2S2. The van der Waals surface area contributed by atoms with Crippen molar-refractivity contribution in [1.82, 2.24) is 29.1 Å². The van der Waals surface area contributed by atoms with E-state index in [-0.39, 0.29) is 46.9 Å². The van der Waals surface area contributed by atoms with Gasteiger partial charge in [-0.3, -0.25) is 27.5 Å². The first-order valence-corrected chi connectivity index (χ1v) is 22.3. The van der Waals surface area contributed by atoms with Crippen LogP contribution in [0.15, 0.2) is 34.8 Å². The summed E-state index contributed by atoms with van der Waals surface area (Å²) in [5.41, 5.74) is 26.0. The number of phosphoric ester groups is 2. The number of anilines is 2. The van der Waals surface area contributed by atoms with Gasteiger partial charge in [0.1, 0.15) is 54.3 Å². The fourth-order valence-electron chi connectivity index (χ4n) is 5.69. The maximum absolute atomic E-state index is 13.5. The summed E-state index contributed by atoms with van der Waals surface area (Å²) in [7, 11) is -7.39. The molecule has 0 aromatic carbocycles. The van der Waals surface area contributed by atoms with Gasteiger partial charge in [0.05, 0.1) is 19.5 Å². The van der Waals surface area contributed by atoms with E-state index in [0.717, 1.165) is 10.9 Å². The van der Waals surface area contributed by atoms with E-state index in [1.54, 1.807) is 0 Å². The number of rotatable bonds is 18. The maximum Gasteiger partial charge on any atom is 0.472 e. The van der Waals surface area contributed by atoms with E-state index < -0.39 is 94.8 Å². The number of fused-ring (bicyclic) bond motifs is 1. The molecule has 2 unspecified atom stereocenters. The topological polar surface area (TPSA) is 393 Å². The molecule has 5 rings (SSSR count). The van der Waals surface area contributed by atoms with E-state index in [1.165, 1.54) is 44.7 Å². The Bertz CT molecular complexity index is 2130. The summed E-state index contributed by atoms with van der Waals surface area (Å²) in [5.74, 6) is -1.08. The van der Waals surface area contributed by atoms with Crippen LogP contribution in [0, 0.1) is 0 Å². The molecule has 58 heavy (non-hydrogen) atoms. The lowest BCUT2D eigenvalue weighted by atomic mass is 10.1. The van der Waals surface area contributed by atoms with Crippen LogP contribution < -0.4 is 22.9 Å². The molecule has 0 aliphatic carbocycles. The average Bonchev–Trinajstić information content (AvgIpc) is 3.82. The lowest BCUT2D eigenvalue weighted by Gasteiger charge is -2.26. The highest BCUT2D eigenvalue weighted by atomic mass is 33.1. The zero-order valence-electron chi connectivity index (χ0n) is 30.9. The summed E-state index contributed by atoms with van der Waals surface area (Å²) in [5, 5.41) is 14.7. The van der Waals surface area contributed by atoms with E-state index in [9.17, 15) is 38.5 Å². The van der Waals surface area contributed by atoms with Gasteiger partial charge in [-0.05, 0) is 18.0 Å². The number of imidazole rings is 1. The normalized spacial score (nSPS) is 25.9. The molecule has 0 saturated carbocycles. The standard InChI is InChI=1S/C28H42N12O14P2S2/c1-28(2,3)58-57-13(8-36-38-32)6-14(29)26(42)53-22-17(52-25(21(22)41)40-12-35-20-23(31)33-11-34-24(20)40)10-50-56(47,48)54-15-7-19(39-5-4-18(30)37-27(39)43)51-16(15)9-49-55(44,45)46/h4-5,11-17,19,21-22,25,41H,6-10,29H2,1-3H3,(H,47,48)(H2,30,37,43)(H2,31,33,34)(H2,44,45,46)/t13?,14-,15-,16+,17+,19+,21+,22+,25+/m0/s1. The SMILES string of the molecule is CC(C)(C)SSC(CN=[N+]=[N-])C[C@H](N)C(=O)O[C@H]1[C@@H](O)[C@H](n2cnc3c(N)ncnc32)O[C@@H]1COP(=O)(O)O[C@H]1C[C@H](n2ccc(N)nc2=O)O[C@@H]1COP(=O)(O)O. The van der Waals surface area contributed by atoms with Crippen molar-refractivity contribution in [3.63, 3.8) is 0 Å². The van der Waals surface area contributed by atoms with E-state index in [1.807, 2.05) is 20.8 Å². The van der Waals surface area contributed by atoms with Crippen LogP contribution in [0.3, 0.4) is 0 Å². The number of carbonyl (C=O) groups excluding carboxylic acids is 1. The summed E-state index contributed by atoms with van der Waals surface area (Å²) in [4.78, 5) is 73.9. The van der Waals surface area contributed by atoms with Crippen molar-refractivity contribution in [2.75, 3.05) is 31.2 Å². The molecule has 320 valence electrons. The van der Waals surface area contributed by atoms with Crippen LogP contribution in [-0.2, 0) is 41.7 Å². The van der Waals surface area contributed by atoms with Crippen LogP contribution in [0.5, 0.6) is 0 Å². The molecule has 30 heteroatoms. The Morgan fingerprint density at radius 1 is 1.14 bits per heavy atom. The molecule has 10 N–H and O–H groups in total. The minimum Gasteiger partial charge on any atom is -0.455 e. The molecule has 2 fully saturated rings. The number of azide groups is 1. The van der Waals surface area contributed by atoms with Gasteiger partial charge in [-0.15, -0.1) is 0 Å². The molecular weight excluding hydrogens is 854 g/mol. The molecule has 2 aliphatic rings. The Morgan fingerprint density at radius 3 is 2.53 bits per heavy atom. The molecule has 0 radical (unpaired) electrons. The number of carbonyl (C=O) groups is 1. The van der Waals surface area contributed by atoms with Crippen LogP contribution >= 0.6 is 37.2 Å². The number of hydrogen-bond acceptors (Lipinski definition) is 21. The van der Waals surface area contributed by atoms with E-state index >= 15 is 0 Å². The predicted octanol–water partition coefficient (Wildman–Crippen LogP) is 0.893. The summed E-state index contributed by atoms with van der Waals surface area (Å²) in [6, 6.07) is -0.0130. The first kappa shape index (κ1) is 45.7. The third-order valence-electron chi connectivity index (χ3n) is 8.24. The van der Waals surface area contributed by atoms with Crippen LogP contribution in [0.1, 0.15) is 46.1 Å². The summed E-state index contributed by atoms with van der Waals surface area (Å²) < 4.78 is 59.6. The minimum atomic E-state index is -5.19. The number of aliphatic hydroxyl groups is 1. The monoisotopic (exact) mass is 896 g/mol. The summed E-state index contributed by atoms with van der Waals surface area (Å²) >= 11 is 0. The van der Waals surface area contributed by atoms with Gasteiger partial charge in [0.15, 0.2) is 23.8 Å². The molecule has 2 saturated heterocycles. The molecule has 5 heterocycles. The largest absolute Gasteiger partial charge is 0.472 e. The van der Waals surface area contributed by atoms with Crippen molar-refractivity contribution in [3.05, 3.63) is 45.8 Å². The van der Waals surface area contributed by atoms with Crippen molar-refractivity contribution < 1.29 is 61.5 Å². The zero-order valence-corrected chi connectivity index (χ0v) is 34.3. The Kier molecular flexibility index (Phi) is 14.9.